The molecule has 0 saturated carbocycles. The first-order valence-corrected chi connectivity index (χ1v) is 10.4. The number of hydrogen-bond donors (Lipinski definition) is 1. The number of carbonyl (C=O) groups excluding carboxylic acids is 1. The van der Waals surface area contributed by atoms with E-state index in [4.69, 9.17) is 16.3 Å². The van der Waals surface area contributed by atoms with E-state index in [0.717, 1.165) is 28.4 Å². The summed E-state index contributed by atoms with van der Waals surface area (Å²) in [5.74, 6) is 0.543. The Kier molecular flexibility index (Phi) is 5.65. The van der Waals surface area contributed by atoms with Gasteiger partial charge < -0.3 is 10.1 Å². The van der Waals surface area contributed by atoms with Crippen LogP contribution in [0.25, 0.3) is 16.7 Å². The average molecular weight is 435 g/mol. The topological polar surface area (TPSA) is 69.0 Å². The molecule has 1 N–H and O–H groups in total. The Morgan fingerprint density at radius 1 is 1.13 bits per heavy atom. The van der Waals surface area contributed by atoms with Crippen molar-refractivity contribution in [1.82, 2.24) is 14.8 Å². The average Bonchev–Trinajstić information content (AvgIpc) is 3.07. The molecule has 2 aromatic carbocycles. The van der Waals surface area contributed by atoms with Gasteiger partial charge in [-0.3, -0.25) is 4.79 Å². The third-order valence-corrected chi connectivity index (χ3v) is 5.49. The molecule has 31 heavy (non-hydrogen) atoms. The second kappa shape index (κ2) is 8.40. The van der Waals surface area contributed by atoms with E-state index < -0.39 is 0 Å². The number of rotatable bonds is 5. The van der Waals surface area contributed by atoms with E-state index in [1.807, 2.05) is 70.2 Å². The molecule has 0 unspecified atom stereocenters. The highest BCUT2D eigenvalue weighted by atomic mass is 35.5. The molecule has 0 aliphatic heterocycles. The number of benzene rings is 2. The van der Waals surface area contributed by atoms with Crippen LogP contribution in [0.15, 0.2) is 48.5 Å². The minimum atomic E-state index is -0.217. The molecule has 0 fully saturated rings. The van der Waals surface area contributed by atoms with Crippen molar-refractivity contribution >= 4 is 34.2 Å². The lowest BCUT2D eigenvalue weighted by Crippen LogP contribution is -2.13. The van der Waals surface area contributed by atoms with E-state index in [1.54, 1.807) is 10.7 Å². The van der Waals surface area contributed by atoms with Gasteiger partial charge in [-0.05, 0) is 75.7 Å². The molecule has 0 bridgehead atoms. The quantitative estimate of drug-likeness (QED) is 0.440. The van der Waals surface area contributed by atoms with E-state index in [1.165, 1.54) is 0 Å². The van der Waals surface area contributed by atoms with Crippen molar-refractivity contribution in [2.24, 2.45) is 0 Å². The number of nitrogens with zero attached hydrogens (tertiary/aromatic N) is 3. The third kappa shape index (κ3) is 3.99. The van der Waals surface area contributed by atoms with Crippen molar-refractivity contribution in [3.05, 3.63) is 76.1 Å². The first-order valence-electron chi connectivity index (χ1n) is 10.1. The second-order valence-corrected chi connectivity index (χ2v) is 7.71. The van der Waals surface area contributed by atoms with Crippen LogP contribution in [-0.2, 0) is 0 Å². The zero-order valence-electron chi connectivity index (χ0n) is 17.9. The molecule has 0 saturated heterocycles. The molecule has 0 aliphatic rings. The standard InChI is InChI=1S/C24H23ClN4O2/c1-5-31-18-11-9-17(10-12-18)27-24(30)19-13-14(2)26-23-22(19)16(4)28-29(23)21-8-6-7-20(25)15(21)3/h6-13H,5H2,1-4H3,(H,27,30). The fraction of sp³-hybridized carbons (Fsp3) is 0.208. The summed E-state index contributed by atoms with van der Waals surface area (Å²) in [5, 5.41) is 9.02. The predicted octanol–water partition coefficient (Wildman–Crippen LogP) is 5.65. The lowest BCUT2D eigenvalue weighted by atomic mass is 10.1. The van der Waals surface area contributed by atoms with Crippen molar-refractivity contribution in [1.29, 1.82) is 0 Å². The minimum absolute atomic E-state index is 0.217. The molecule has 2 heterocycles. The summed E-state index contributed by atoms with van der Waals surface area (Å²) >= 11 is 6.32. The SMILES string of the molecule is CCOc1ccc(NC(=O)c2cc(C)nc3c2c(C)nn3-c2cccc(Cl)c2C)cc1. The number of aryl methyl sites for hydroxylation is 2. The predicted molar refractivity (Wildman–Crippen MR) is 124 cm³/mol. The van der Waals surface area contributed by atoms with Crippen LogP contribution in [0.1, 0.15) is 34.2 Å². The van der Waals surface area contributed by atoms with Crippen LogP contribution in [0.2, 0.25) is 5.02 Å². The summed E-state index contributed by atoms with van der Waals surface area (Å²) in [6.45, 7) is 8.21. The number of amides is 1. The van der Waals surface area contributed by atoms with Gasteiger partial charge in [-0.1, -0.05) is 17.7 Å². The Morgan fingerprint density at radius 3 is 2.58 bits per heavy atom. The van der Waals surface area contributed by atoms with E-state index in [-0.39, 0.29) is 5.91 Å². The van der Waals surface area contributed by atoms with Gasteiger partial charge >= 0.3 is 0 Å². The number of halogens is 1. The van der Waals surface area contributed by atoms with Crippen molar-refractivity contribution in [3.63, 3.8) is 0 Å². The van der Waals surface area contributed by atoms with Gasteiger partial charge in [-0.25, -0.2) is 9.67 Å². The Bertz CT molecular complexity index is 1280. The van der Waals surface area contributed by atoms with Gasteiger partial charge in [0.2, 0.25) is 0 Å². The molecule has 0 aliphatic carbocycles. The zero-order valence-corrected chi connectivity index (χ0v) is 18.6. The van der Waals surface area contributed by atoms with Gasteiger partial charge in [0.1, 0.15) is 5.75 Å². The van der Waals surface area contributed by atoms with Crippen molar-refractivity contribution in [2.75, 3.05) is 11.9 Å². The van der Waals surface area contributed by atoms with Crippen LogP contribution in [-0.4, -0.2) is 27.3 Å². The molecular weight excluding hydrogens is 412 g/mol. The minimum Gasteiger partial charge on any atom is -0.494 e. The van der Waals surface area contributed by atoms with Gasteiger partial charge in [0.15, 0.2) is 5.65 Å². The molecule has 0 spiro atoms. The summed E-state index contributed by atoms with van der Waals surface area (Å²) in [6.07, 6.45) is 0. The highest BCUT2D eigenvalue weighted by molar-refractivity contribution is 6.31. The van der Waals surface area contributed by atoms with Crippen molar-refractivity contribution in [2.45, 2.75) is 27.7 Å². The number of nitrogens with one attached hydrogen (secondary N) is 1. The van der Waals surface area contributed by atoms with Gasteiger partial charge in [-0.15, -0.1) is 0 Å². The maximum absolute atomic E-state index is 13.2. The highest BCUT2D eigenvalue weighted by Crippen LogP contribution is 2.29. The van der Waals surface area contributed by atoms with Crippen molar-refractivity contribution < 1.29 is 9.53 Å². The molecule has 4 rings (SSSR count). The number of fused-ring (bicyclic) bond motifs is 1. The molecule has 4 aromatic rings. The fourth-order valence-corrected chi connectivity index (χ4v) is 3.76. The summed E-state index contributed by atoms with van der Waals surface area (Å²) in [6, 6.07) is 14.7. The Morgan fingerprint density at radius 2 is 1.87 bits per heavy atom. The monoisotopic (exact) mass is 434 g/mol. The largest absolute Gasteiger partial charge is 0.494 e. The van der Waals surface area contributed by atoms with Gasteiger partial charge in [0.25, 0.3) is 5.91 Å². The van der Waals surface area contributed by atoms with E-state index in [0.29, 0.717) is 33.9 Å². The van der Waals surface area contributed by atoms with Gasteiger partial charge in [0, 0.05) is 16.4 Å². The van der Waals surface area contributed by atoms with Gasteiger partial charge in [0.05, 0.1) is 28.9 Å². The molecule has 0 atom stereocenters. The van der Waals surface area contributed by atoms with Crippen LogP contribution in [0.3, 0.4) is 0 Å². The fourth-order valence-electron chi connectivity index (χ4n) is 3.59. The third-order valence-electron chi connectivity index (χ3n) is 5.08. The number of pyridine rings is 1. The van der Waals surface area contributed by atoms with E-state index in [9.17, 15) is 4.79 Å². The molecule has 158 valence electrons. The van der Waals surface area contributed by atoms with Crippen molar-refractivity contribution in [3.8, 4) is 11.4 Å². The zero-order chi connectivity index (χ0) is 22.1. The molecule has 2 aromatic heterocycles. The van der Waals surface area contributed by atoms with Crippen LogP contribution in [0, 0.1) is 20.8 Å². The molecular formula is C24H23ClN4O2. The number of carbonyl (C=O) groups is 1. The summed E-state index contributed by atoms with van der Waals surface area (Å²) in [5.41, 5.74) is 5.02. The lowest BCUT2D eigenvalue weighted by molar-refractivity contribution is 0.102. The first-order chi connectivity index (χ1) is 14.9. The Hall–Kier alpha value is -3.38. The number of anilines is 1. The molecule has 1 amide bonds. The van der Waals surface area contributed by atoms with E-state index in [2.05, 4.69) is 15.4 Å². The van der Waals surface area contributed by atoms with Crippen LogP contribution in [0.4, 0.5) is 5.69 Å². The smallest absolute Gasteiger partial charge is 0.256 e. The highest BCUT2D eigenvalue weighted by Gasteiger charge is 2.20. The second-order valence-electron chi connectivity index (χ2n) is 7.30. The Balaban J connectivity index is 1.77. The number of ether oxygens (including phenoxy) is 1. The number of hydrogen-bond acceptors (Lipinski definition) is 4. The molecule has 0 radical (unpaired) electrons. The Labute approximate surface area is 185 Å². The summed E-state index contributed by atoms with van der Waals surface area (Å²) < 4.78 is 7.22. The van der Waals surface area contributed by atoms with E-state index >= 15 is 0 Å². The molecule has 7 heteroatoms. The van der Waals surface area contributed by atoms with Crippen LogP contribution in [0.5, 0.6) is 5.75 Å². The first kappa shape index (κ1) is 20.9. The molecule has 6 nitrogen and oxygen atoms in total. The normalized spacial score (nSPS) is 11.0. The summed E-state index contributed by atoms with van der Waals surface area (Å²) in [4.78, 5) is 17.9. The maximum Gasteiger partial charge on any atom is 0.256 e. The van der Waals surface area contributed by atoms with Crippen LogP contribution >= 0.6 is 11.6 Å². The van der Waals surface area contributed by atoms with Crippen LogP contribution < -0.4 is 10.1 Å². The maximum atomic E-state index is 13.2. The number of aromatic nitrogens is 3. The summed E-state index contributed by atoms with van der Waals surface area (Å²) in [7, 11) is 0. The van der Waals surface area contributed by atoms with Gasteiger partial charge in [-0.2, -0.15) is 5.10 Å². The lowest BCUT2D eigenvalue weighted by Gasteiger charge is -2.10.